The summed E-state index contributed by atoms with van der Waals surface area (Å²) in [7, 11) is 0. The molecule has 0 amide bonds. The van der Waals surface area contributed by atoms with Gasteiger partial charge in [0, 0.05) is 0 Å². The summed E-state index contributed by atoms with van der Waals surface area (Å²) in [6.45, 7) is 4.86. The first kappa shape index (κ1) is 17.0. The molecule has 21 heavy (non-hydrogen) atoms. The maximum absolute atomic E-state index is 12.2. The van der Waals surface area contributed by atoms with E-state index in [1.807, 2.05) is 0 Å². The number of ketones is 1. The van der Waals surface area contributed by atoms with Gasteiger partial charge in [0.1, 0.15) is 17.8 Å². The number of rotatable bonds is 4. The van der Waals surface area contributed by atoms with E-state index in [1.165, 1.54) is 12.1 Å². The summed E-state index contributed by atoms with van der Waals surface area (Å²) in [5.74, 6) is -2.25. The van der Waals surface area contributed by atoms with E-state index in [4.69, 9.17) is 4.74 Å². The number of Topliss-reactive ketones (excluding diaryl/α,β-unsaturated/α-hetero) is 1. The lowest BCUT2D eigenvalue weighted by molar-refractivity contribution is -0.274. The van der Waals surface area contributed by atoms with Gasteiger partial charge in [0.15, 0.2) is 5.78 Å². The molecular weight excluding hydrogens is 289 g/mol. The zero-order valence-corrected chi connectivity index (χ0v) is 11.8. The van der Waals surface area contributed by atoms with Gasteiger partial charge in [-0.05, 0) is 32.9 Å². The van der Waals surface area contributed by atoms with Crippen molar-refractivity contribution >= 4 is 11.8 Å². The van der Waals surface area contributed by atoms with Gasteiger partial charge >= 0.3 is 12.3 Å². The first-order chi connectivity index (χ1) is 9.48. The monoisotopic (exact) mass is 304 g/mol. The van der Waals surface area contributed by atoms with Crippen LogP contribution in [-0.4, -0.2) is 23.7 Å². The molecule has 0 bridgehead atoms. The van der Waals surface area contributed by atoms with Crippen molar-refractivity contribution in [2.24, 2.45) is 0 Å². The average Bonchev–Trinajstić information content (AvgIpc) is 2.24. The van der Waals surface area contributed by atoms with E-state index < -0.39 is 35.9 Å². The molecule has 0 aliphatic rings. The number of halogens is 3. The second-order valence-electron chi connectivity index (χ2n) is 5.23. The highest BCUT2D eigenvalue weighted by atomic mass is 19.4. The number of hydrogen-bond acceptors (Lipinski definition) is 4. The fourth-order valence-corrected chi connectivity index (χ4v) is 1.51. The molecule has 0 aliphatic heterocycles. The van der Waals surface area contributed by atoms with Crippen molar-refractivity contribution in [3.05, 3.63) is 29.8 Å². The van der Waals surface area contributed by atoms with Gasteiger partial charge in [-0.25, -0.2) is 0 Å². The number of alkyl halides is 3. The predicted molar refractivity (Wildman–Crippen MR) is 67.9 cm³/mol. The molecule has 0 aromatic heterocycles. The topological polar surface area (TPSA) is 52.6 Å². The molecular formula is C14H15F3O4. The molecule has 0 aliphatic carbocycles. The lowest BCUT2D eigenvalue weighted by Crippen LogP contribution is -2.25. The van der Waals surface area contributed by atoms with Crippen LogP contribution in [0.4, 0.5) is 13.2 Å². The van der Waals surface area contributed by atoms with Crippen LogP contribution in [-0.2, 0) is 9.53 Å². The number of carbonyl (C=O) groups excluding carboxylic acids is 2. The molecule has 116 valence electrons. The first-order valence-electron chi connectivity index (χ1n) is 6.08. The molecule has 0 heterocycles. The van der Waals surface area contributed by atoms with E-state index >= 15 is 0 Å². The molecule has 0 spiro atoms. The summed E-state index contributed by atoms with van der Waals surface area (Å²) in [5, 5.41) is 0. The van der Waals surface area contributed by atoms with Crippen molar-refractivity contribution in [3.63, 3.8) is 0 Å². The van der Waals surface area contributed by atoms with Crippen LogP contribution < -0.4 is 4.74 Å². The summed E-state index contributed by atoms with van der Waals surface area (Å²) in [6.07, 6.45) is -5.57. The van der Waals surface area contributed by atoms with Gasteiger partial charge in [-0.2, -0.15) is 0 Å². The molecule has 0 saturated carbocycles. The van der Waals surface area contributed by atoms with Crippen molar-refractivity contribution in [3.8, 4) is 5.75 Å². The molecule has 4 nitrogen and oxygen atoms in total. The van der Waals surface area contributed by atoms with Gasteiger partial charge in [-0.3, -0.25) is 9.59 Å². The SMILES string of the molecule is CC(C)(C)OC(=O)CC(=O)c1ccccc1OC(F)(F)F. The highest BCUT2D eigenvalue weighted by molar-refractivity contribution is 6.07. The predicted octanol–water partition coefficient (Wildman–Crippen LogP) is 3.50. The van der Waals surface area contributed by atoms with Crippen LogP contribution in [0.3, 0.4) is 0 Å². The third-order valence-electron chi connectivity index (χ3n) is 2.14. The number of para-hydroxylation sites is 1. The lowest BCUT2D eigenvalue weighted by Gasteiger charge is -2.19. The van der Waals surface area contributed by atoms with E-state index in [0.29, 0.717) is 0 Å². The Morgan fingerprint density at radius 2 is 1.67 bits per heavy atom. The van der Waals surface area contributed by atoms with Gasteiger partial charge in [0.2, 0.25) is 0 Å². The second kappa shape index (κ2) is 6.15. The molecule has 0 radical (unpaired) electrons. The lowest BCUT2D eigenvalue weighted by atomic mass is 10.1. The molecule has 0 N–H and O–H groups in total. The van der Waals surface area contributed by atoms with Crippen LogP contribution in [0.2, 0.25) is 0 Å². The maximum Gasteiger partial charge on any atom is 0.573 e. The van der Waals surface area contributed by atoms with Gasteiger partial charge in [0.25, 0.3) is 0 Å². The largest absolute Gasteiger partial charge is 0.573 e. The highest BCUT2D eigenvalue weighted by Crippen LogP contribution is 2.27. The summed E-state index contributed by atoms with van der Waals surface area (Å²) in [5.41, 5.74) is -1.10. The number of hydrogen-bond donors (Lipinski definition) is 0. The zero-order valence-electron chi connectivity index (χ0n) is 11.8. The van der Waals surface area contributed by atoms with Crippen molar-refractivity contribution in [1.82, 2.24) is 0 Å². The van der Waals surface area contributed by atoms with Crippen LogP contribution in [0, 0.1) is 0 Å². The molecule has 0 fully saturated rings. The Kier molecular flexibility index (Phi) is 4.98. The van der Waals surface area contributed by atoms with Crippen LogP contribution in [0.1, 0.15) is 37.6 Å². The molecule has 0 atom stereocenters. The Morgan fingerprint density at radius 1 is 1.10 bits per heavy atom. The van der Waals surface area contributed by atoms with Crippen LogP contribution in [0.5, 0.6) is 5.75 Å². The van der Waals surface area contributed by atoms with Crippen LogP contribution >= 0.6 is 0 Å². The zero-order chi connectivity index (χ0) is 16.3. The molecule has 0 unspecified atom stereocenters. The van der Waals surface area contributed by atoms with E-state index in [0.717, 1.165) is 12.1 Å². The fourth-order valence-electron chi connectivity index (χ4n) is 1.51. The van der Waals surface area contributed by atoms with Crippen LogP contribution in [0.25, 0.3) is 0 Å². The standard InChI is InChI=1S/C14H15F3O4/c1-13(2,3)21-12(19)8-10(18)9-6-4-5-7-11(9)20-14(15,16)17/h4-7H,8H2,1-3H3. The third kappa shape index (κ3) is 6.29. The van der Waals surface area contributed by atoms with E-state index in [1.54, 1.807) is 20.8 Å². The highest BCUT2D eigenvalue weighted by Gasteiger charge is 2.33. The second-order valence-corrected chi connectivity index (χ2v) is 5.23. The van der Waals surface area contributed by atoms with Crippen molar-refractivity contribution in [1.29, 1.82) is 0 Å². The first-order valence-corrected chi connectivity index (χ1v) is 6.08. The van der Waals surface area contributed by atoms with Gasteiger partial charge in [0.05, 0.1) is 5.56 Å². The molecule has 7 heteroatoms. The quantitative estimate of drug-likeness (QED) is 0.485. The van der Waals surface area contributed by atoms with Crippen molar-refractivity contribution < 1.29 is 32.2 Å². The Morgan fingerprint density at radius 3 is 2.19 bits per heavy atom. The Bertz CT molecular complexity index is 530. The summed E-state index contributed by atoms with van der Waals surface area (Å²) < 4.78 is 45.4. The minimum atomic E-state index is -4.91. The molecule has 1 aromatic carbocycles. The minimum absolute atomic E-state index is 0.319. The number of benzene rings is 1. The number of esters is 1. The van der Waals surface area contributed by atoms with E-state index in [-0.39, 0.29) is 5.56 Å². The van der Waals surface area contributed by atoms with Gasteiger partial charge in [-0.1, -0.05) is 12.1 Å². The summed E-state index contributed by atoms with van der Waals surface area (Å²) >= 11 is 0. The van der Waals surface area contributed by atoms with Crippen molar-refractivity contribution in [2.45, 2.75) is 39.2 Å². The Hall–Kier alpha value is -2.05. The average molecular weight is 304 g/mol. The van der Waals surface area contributed by atoms with Gasteiger partial charge in [-0.15, -0.1) is 13.2 Å². The minimum Gasteiger partial charge on any atom is -0.460 e. The number of ether oxygens (including phenoxy) is 2. The maximum atomic E-state index is 12.2. The van der Waals surface area contributed by atoms with E-state index in [9.17, 15) is 22.8 Å². The fraction of sp³-hybridized carbons (Fsp3) is 0.429. The van der Waals surface area contributed by atoms with E-state index in [2.05, 4.69) is 4.74 Å². The smallest absolute Gasteiger partial charge is 0.460 e. The van der Waals surface area contributed by atoms with Gasteiger partial charge < -0.3 is 9.47 Å². The van der Waals surface area contributed by atoms with Crippen molar-refractivity contribution in [2.75, 3.05) is 0 Å². The Balaban J connectivity index is 2.86. The summed E-state index contributed by atoms with van der Waals surface area (Å²) in [6, 6.07) is 4.85. The third-order valence-corrected chi connectivity index (χ3v) is 2.14. The molecule has 0 saturated heterocycles. The Labute approximate surface area is 119 Å². The number of carbonyl (C=O) groups is 2. The molecule has 1 aromatic rings. The normalized spacial score (nSPS) is 11.9. The summed E-state index contributed by atoms with van der Waals surface area (Å²) in [4.78, 5) is 23.4. The molecule has 1 rings (SSSR count). The van der Waals surface area contributed by atoms with Crippen LogP contribution in [0.15, 0.2) is 24.3 Å².